The number of nitrogens with one attached hydrogen (secondary N) is 1. The first kappa shape index (κ1) is 13.8. The third kappa shape index (κ3) is 2.80. The molecule has 0 radical (unpaired) electrons. The third-order valence-corrected chi connectivity index (χ3v) is 4.66. The van der Waals surface area contributed by atoms with E-state index in [2.05, 4.69) is 10.2 Å². The monoisotopic (exact) mass is 295 g/mol. The first-order valence-corrected chi connectivity index (χ1v) is 7.37. The quantitative estimate of drug-likeness (QED) is 0.686. The summed E-state index contributed by atoms with van der Waals surface area (Å²) in [5, 5.41) is 15.0. The Morgan fingerprint density at radius 3 is 3.00 bits per heavy atom. The predicted molar refractivity (Wildman–Crippen MR) is 77.9 cm³/mol. The van der Waals surface area contributed by atoms with Crippen LogP contribution in [-0.4, -0.2) is 36.0 Å². The third-order valence-electron chi connectivity index (χ3n) is 4.43. The molecule has 0 aromatic heterocycles. The highest BCUT2D eigenvalue weighted by atomic mass is 35.5. The molecule has 2 atom stereocenters. The van der Waals surface area contributed by atoms with Crippen LogP contribution in [0.4, 0.5) is 5.69 Å². The van der Waals surface area contributed by atoms with Crippen LogP contribution in [0.2, 0.25) is 5.02 Å². The zero-order valence-electron chi connectivity index (χ0n) is 11.2. The van der Waals surface area contributed by atoms with Crippen LogP contribution in [0.3, 0.4) is 0 Å². The predicted octanol–water partition coefficient (Wildman–Crippen LogP) is 2.29. The van der Waals surface area contributed by atoms with Crippen LogP contribution in [0.15, 0.2) is 18.2 Å². The first-order chi connectivity index (χ1) is 9.63. The van der Waals surface area contributed by atoms with Gasteiger partial charge < -0.3 is 5.32 Å². The van der Waals surface area contributed by atoms with Gasteiger partial charge in [-0.2, -0.15) is 0 Å². The van der Waals surface area contributed by atoms with E-state index in [-0.39, 0.29) is 10.6 Å². The number of hydrogen-bond donors (Lipinski definition) is 1. The molecule has 1 aromatic rings. The summed E-state index contributed by atoms with van der Waals surface area (Å²) in [6, 6.07) is 4.95. The van der Waals surface area contributed by atoms with Crippen molar-refractivity contribution in [1.82, 2.24) is 10.2 Å². The maximum atomic E-state index is 11.1. The topological polar surface area (TPSA) is 58.4 Å². The Labute approximate surface area is 123 Å². The van der Waals surface area contributed by atoms with Crippen LogP contribution >= 0.6 is 11.6 Å². The van der Waals surface area contributed by atoms with Gasteiger partial charge >= 0.3 is 0 Å². The molecular formula is C14H18ClN3O2. The molecule has 2 aliphatic heterocycles. The summed E-state index contributed by atoms with van der Waals surface area (Å²) in [5.74, 6) is 1.47. The van der Waals surface area contributed by atoms with Crippen molar-refractivity contribution in [2.45, 2.75) is 13.0 Å². The number of hydrogen-bond acceptors (Lipinski definition) is 4. The Kier molecular flexibility index (Phi) is 3.92. The lowest BCUT2D eigenvalue weighted by molar-refractivity contribution is -0.385. The number of nitro groups is 1. The lowest BCUT2D eigenvalue weighted by atomic mass is 9.88. The minimum absolute atomic E-state index is 0.129. The Morgan fingerprint density at radius 2 is 2.20 bits per heavy atom. The SMILES string of the molecule is O=[N+]([O-])c1cc(Cl)ccc1CN1CCC2CNCC2C1. The molecule has 1 N–H and O–H groups in total. The standard InChI is InChI=1S/C14H18ClN3O2/c15-13-2-1-11(14(5-13)18(19)20)8-17-4-3-10-6-16-7-12(10)9-17/h1-2,5,10,12,16H,3-4,6-9H2. The van der Waals surface area contributed by atoms with Gasteiger partial charge in [0.1, 0.15) is 0 Å². The number of fused-ring (bicyclic) bond motifs is 1. The average molecular weight is 296 g/mol. The number of piperidine rings is 1. The molecule has 3 rings (SSSR count). The van der Waals surface area contributed by atoms with E-state index in [1.54, 1.807) is 12.1 Å². The number of rotatable bonds is 3. The maximum absolute atomic E-state index is 11.1. The lowest BCUT2D eigenvalue weighted by Crippen LogP contribution is -2.39. The zero-order valence-corrected chi connectivity index (χ0v) is 12.0. The molecule has 5 nitrogen and oxygen atoms in total. The van der Waals surface area contributed by atoms with E-state index in [1.807, 2.05) is 0 Å². The second kappa shape index (κ2) is 5.68. The van der Waals surface area contributed by atoms with Crippen molar-refractivity contribution < 1.29 is 4.92 Å². The summed E-state index contributed by atoms with van der Waals surface area (Å²) in [4.78, 5) is 13.1. The van der Waals surface area contributed by atoms with Crippen molar-refractivity contribution in [2.75, 3.05) is 26.2 Å². The minimum atomic E-state index is -0.342. The van der Waals surface area contributed by atoms with Gasteiger partial charge in [0, 0.05) is 29.7 Å². The summed E-state index contributed by atoms with van der Waals surface area (Å²) in [7, 11) is 0. The number of nitrogens with zero attached hydrogens (tertiary/aromatic N) is 2. The molecule has 20 heavy (non-hydrogen) atoms. The summed E-state index contributed by atoms with van der Waals surface area (Å²) in [6.45, 7) is 4.88. The Morgan fingerprint density at radius 1 is 1.40 bits per heavy atom. The maximum Gasteiger partial charge on any atom is 0.275 e. The number of nitro benzene ring substituents is 1. The van der Waals surface area contributed by atoms with Gasteiger partial charge in [0.2, 0.25) is 0 Å². The fraction of sp³-hybridized carbons (Fsp3) is 0.571. The van der Waals surface area contributed by atoms with Crippen LogP contribution < -0.4 is 5.32 Å². The van der Waals surface area contributed by atoms with Crippen LogP contribution in [0.5, 0.6) is 0 Å². The van der Waals surface area contributed by atoms with Gasteiger partial charge in [0.25, 0.3) is 5.69 Å². The van der Waals surface area contributed by atoms with Gasteiger partial charge in [0.05, 0.1) is 4.92 Å². The Bertz CT molecular complexity index is 523. The number of halogens is 1. The Balaban J connectivity index is 1.73. The second-order valence-electron chi connectivity index (χ2n) is 5.73. The highest BCUT2D eigenvalue weighted by Gasteiger charge is 2.33. The minimum Gasteiger partial charge on any atom is -0.316 e. The Hall–Kier alpha value is -1.17. The van der Waals surface area contributed by atoms with E-state index in [1.165, 1.54) is 12.5 Å². The van der Waals surface area contributed by atoms with Crippen molar-refractivity contribution >= 4 is 17.3 Å². The van der Waals surface area contributed by atoms with Gasteiger partial charge in [-0.3, -0.25) is 15.0 Å². The van der Waals surface area contributed by atoms with E-state index >= 15 is 0 Å². The first-order valence-electron chi connectivity index (χ1n) is 6.99. The van der Waals surface area contributed by atoms with E-state index in [9.17, 15) is 10.1 Å². The molecule has 2 fully saturated rings. The van der Waals surface area contributed by atoms with E-state index in [4.69, 9.17) is 11.6 Å². The fourth-order valence-electron chi connectivity index (χ4n) is 3.34. The van der Waals surface area contributed by atoms with Crippen molar-refractivity contribution in [3.63, 3.8) is 0 Å². The normalized spacial score (nSPS) is 26.4. The van der Waals surface area contributed by atoms with Gasteiger partial charge in [-0.1, -0.05) is 11.6 Å². The fourth-order valence-corrected chi connectivity index (χ4v) is 3.50. The largest absolute Gasteiger partial charge is 0.316 e. The van der Waals surface area contributed by atoms with Crippen LogP contribution in [0, 0.1) is 22.0 Å². The molecule has 1 aromatic carbocycles. The molecule has 0 aliphatic carbocycles. The molecule has 0 saturated carbocycles. The molecule has 6 heteroatoms. The van der Waals surface area contributed by atoms with Crippen molar-refractivity contribution in [3.8, 4) is 0 Å². The molecular weight excluding hydrogens is 278 g/mol. The van der Waals surface area contributed by atoms with E-state index in [0.717, 1.165) is 37.7 Å². The van der Waals surface area contributed by atoms with E-state index < -0.39 is 0 Å². The summed E-state index contributed by atoms with van der Waals surface area (Å²) in [6.07, 6.45) is 1.18. The second-order valence-corrected chi connectivity index (χ2v) is 6.17. The highest BCUT2D eigenvalue weighted by Crippen LogP contribution is 2.29. The van der Waals surface area contributed by atoms with Gasteiger partial charge in [0.15, 0.2) is 0 Å². The molecule has 2 heterocycles. The molecule has 0 amide bonds. The summed E-state index contributed by atoms with van der Waals surface area (Å²) < 4.78 is 0. The lowest BCUT2D eigenvalue weighted by Gasteiger charge is -2.34. The number of likely N-dealkylation sites (tertiary alicyclic amines) is 1. The van der Waals surface area contributed by atoms with Crippen LogP contribution in [-0.2, 0) is 6.54 Å². The smallest absolute Gasteiger partial charge is 0.275 e. The van der Waals surface area contributed by atoms with Gasteiger partial charge in [-0.15, -0.1) is 0 Å². The summed E-state index contributed by atoms with van der Waals surface area (Å²) >= 11 is 5.85. The molecule has 0 spiro atoms. The van der Waals surface area contributed by atoms with Crippen molar-refractivity contribution in [1.29, 1.82) is 0 Å². The molecule has 2 unspecified atom stereocenters. The number of benzene rings is 1. The van der Waals surface area contributed by atoms with Crippen molar-refractivity contribution in [3.05, 3.63) is 38.9 Å². The zero-order chi connectivity index (χ0) is 14.1. The van der Waals surface area contributed by atoms with Gasteiger partial charge in [-0.05, 0) is 50.0 Å². The van der Waals surface area contributed by atoms with Gasteiger partial charge in [-0.25, -0.2) is 0 Å². The molecule has 2 saturated heterocycles. The van der Waals surface area contributed by atoms with Crippen LogP contribution in [0.1, 0.15) is 12.0 Å². The molecule has 108 valence electrons. The van der Waals surface area contributed by atoms with E-state index in [0.29, 0.717) is 17.5 Å². The molecule has 2 aliphatic rings. The summed E-state index contributed by atoms with van der Waals surface area (Å²) in [5.41, 5.74) is 0.882. The average Bonchev–Trinajstić information content (AvgIpc) is 2.88. The van der Waals surface area contributed by atoms with Crippen LogP contribution in [0.25, 0.3) is 0 Å². The molecule has 0 bridgehead atoms. The highest BCUT2D eigenvalue weighted by molar-refractivity contribution is 6.30. The van der Waals surface area contributed by atoms with Crippen molar-refractivity contribution in [2.24, 2.45) is 11.8 Å².